The van der Waals surface area contributed by atoms with Gasteiger partial charge in [0.2, 0.25) is 0 Å². The van der Waals surface area contributed by atoms with E-state index in [0.717, 1.165) is 22.3 Å². The number of benzene rings is 2. The summed E-state index contributed by atoms with van der Waals surface area (Å²) in [6.07, 6.45) is 0. The molecule has 0 heterocycles. The molecule has 0 aliphatic heterocycles. The first-order chi connectivity index (χ1) is 9.60. The Bertz CT molecular complexity index is 596. The molecule has 0 saturated carbocycles. The van der Waals surface area contributed by atoms with Gasteiger partial charge in [-0.05, 0) is 55.8 Å². The Morgan fingerprint density at radius 3 is 2.55 bits per heavy atom. The predicted molar refractivity (Wildman–Crippen MR) is 87.2 cm³/mol. The molecule has 0 spiro atoms. The maximum Gasteiger partial charge on any atom is 0.124 e. The maximum atomic E-state index is 5.96. The third-order valence-electron chi connectivity index (χ3n) is 3.36. The number of ether oxygens (including phenoxy) is 1. The van der Waals surface area contributed by atoms with Crippen LogP contribution in [0.1, 0.15) is 22.3 Å². The van der Waals surface area contributed by atoms with Crippen molar-refractivity contribution in [2.24, 2.45) is 0 Å². The minimum atomic E-state index is 0.597. The van der Waals surface area contributed by atoms with Crippen molar-refractivity contribution in [3.8, 4) is 5.75 Å². The van der Waals surface area contributed by atoms with Gasteiger partial charge in [0.25, 0.3) is 0 Å². The summed E-state index contributed by atoms with van der Waals surface area (Å²) in [6.45, 7) is 5.64. The first-order valence-corrected chi connectivity index (χ1v) is 7.51. The minimum Gasteiger partial charge on any atom is -0.489 e. The third kappa shape index (κ3) is 3.84. The van der Waals surface area contributed by atoms with Crippen molar-refractivity contribution in [3.63, 3.8) is 0 Å². The smallest absolute Gasteiger partial charge is 0.124 e. The van der Waals surface area contributed by atoms with Gasteiger partial charge in [0.1, 0.15) is 12.4 Å². The molecule has 0 aliphatic rings. The second-order valence-electron chi connectivity index (χ2n) is 4.99. The fraction of sp³-hybridized carbons (Fsp3) is 0.294. The zero-order chi connectivity index (χ0) is 14.5. The second-order valence-corrected chi connectivity index (χ2v) is 5.91. The van der Waals surface area contributed by atoms with E-state index in [9.17, 15) is 0 Å². The zero-order valence-corrected chi connectivity index (χ0v) is 13.8. The summed E-state index contributed by atoms with van der Waals surface area (Å²) >= 11 is 3.50. The highest BCUT2D eigenvalue weighted by molar-refractivity contribution is 9.10. The van der Waals surface area contributed by atoms with Crippen LogP contribution in [0.3, 0.4) is 0 Å². The zero-order valence-electron chi connectivity index (χ0n) is 12.2. The topological polar surface area (TPSA) is 21.3 Å². The van der Waals surface area contributed by atoms with Crippen LogP contribution in [0.5, 0.6) is 5.75 Å². The highest BCUT2D eigenvalue weighted by Crippen LogP contribution is 2.24. The molecule has 0 saturated heterocycles. The number of nitrogens with one attached hydrogen (secondary N) is 1. The summed E-state index contributed by atoms with van der Waals surface area (Å²) in [7, 11) is 1.94. The molecule has 2 aromatic rings. The van der Waals surface area contributed by atoms with Crippen molar-refractivity contribution in [1.82, 2.24) is 5.32 Å². The van der Waals surface area contributed by atoms with Crippen molar-refractivity contribution >= 4 is 15.9 Å². The Labute approximate surface area is 129 Å². The number of aryl methyl sites for hydroxylation is 2. The molecule has 0 atom stereocenters. The monoisotopic (exact) mass is 333 g/mol. The van der Waals surface area contributed by atoms with E-state index < -0.39 is 0 Å². The van der Waals surface area contributed by atoms with E-state index in [1.54, 1.807) is 0 Å². The lowest BCUT2D eigenvalue weighted by atomic mass is 10.1. The fourth-order valence-electron chi connectivity index (χ4n) is 2.07. The maximum absolute atomic E-state index is 5.96. The summed E-state index contributed by atoms with van der Waals surface area (Å²) < 4.78 is 7.04. The van der Waals surface area contributed by atoms with Crippen molar-refractivity contribution in [2.75, 3.05) is 7.05 Å². The highest BCUT2D eigenvalue weighted by Gasteiger charge is 2.05. The highest BCUT2D eigenvalue weighted by atomic mass is 79.9. The molecule has 3 heteroatoms. The van der Waals surface area contributed by atoms with Crippen LogP contribution in [-0.2, 0) is 13.2 Å². The van der Waals surface area contributed by atoms with Gasteiger partial charge >= 0.3 is 0 Å². The first kappa shape index (κ1) is 15.1. The Kier molecular flexibility index (Phi) is 5.21. The molecular formula is C17H20BrNO. The van der Waals surface area contributed by atoms with Crippen LogP contribution >= 0.6 is 15.9 Å². The van der Waals surface area contributed by atoms with Gasteiger partial charge in [-0.3, -0.25) is 0 Å². The second kappa shape index (κ2) is 6.91. The van der Waals surface area contributed by atoms with E-state index in [0.29, 0.717) is 6.61 Å². The quantitative estimate of drug-likeness (QED) is 0.877. The average molecular weight is 334 g/mol. The molecule has 0 amide bonds. The molecule has 0 fully saturated rings. The van der Waals surface area contributed by atoms with Crippen LogP contribution < -0.4 is 10.1 Å². The van der Waals surface area contributed by atoms with Crippen molar-refractivity contribution in [1.29, 1.82) is 0 Å². The molecule has 1 N–H and O–H groups in total. The van der Waals surface area contributed by atoms with E-state index in [-0.39, 0.29) is 0 Å². The lowest BCUT2D eigenvalue weighted by molar-refractivity contribution is 0.302. The Balaban J connectivity index is 2.11. The molecule has 106 valence electrons. The lowest BCUT2D eigenvalue weighted by Crippen LogP contribution is -2.07. The molecule has 0 unspecified atom stereocenters. The molecule has 0 aliphatic carbocycles. The largest absolute Gasteiger partial charge is 0.489 e. The van der Waals surface area contributed by atoms with Crippen LogP contribution in [-0.4, -0.2) is 7.05 Å². The number of halogens is 1. The van der Waals surface area contributed by atoms with Gasteiger partial charge in [0.15, 0.2) is 0 Å². The number of hydrogen-bond acceptors (Lipinski definition) is 2. The number of hydrogen-bond donors (Lipinski definition) is 1. The Morgan fingerprint density at radius 1 is 1.05 bits per heavy atom. The van der Waals surface area contributed by atoms with E-state index in [4.69, 9.17) is 4.74 Å². The predicted octanol–water partition coefficient (Wildman–Crippen LogP) is 4.36. The molecule has 0 radical (unpaired) electrons. The molecule has 2 nitrogen and oxygen atoms in total. The van der Waals surface area contributed by atoms with Crippen LogP contribution in [0.25, 0.3) is 0 Å². The van der Waals surface area contributed by atoms with Crippen molar-refractivity contribution in [3.05, 3.63) is 63.1 Å². The van der Waals surface area contributed by atoms with Gasteiger partial charge < -0.3 is 10.1 Å². The summed E-state index contributed by atoms with van der Waals surface area (Å²) in [5.41, 5.74) is 4.97. The lowest BCUT2D eigenvalue weighted by Gasteiger charge is -2.12. The number of rotatable bonds is 5. The summed E-state index contributed by atoms with van der Waals surface area (Å²) in [5, 5.41) is 3.17. The van der Waals surface area contributed by atoms with Gasteiger partial charge in [-0.15, -0.1) is 0 Å². The van der Waals surface area contributed by atoms with Gasteiger partial charge in [0, 0.05) is 16.6 Å². The Hall–Kier alpha value is -1.32. The van der Waals surface area contributed by atoms with Gasteiger partial charge in [-0.2, -0.15) is 0 Å². The van der Waals surface area contributed by atoms with E-state index in [1.807, 2.05) is 19.2 Å². The van der Waals surface area contributed by atoms with Crippen LogP contribution in [0, 0.1) is 13.8 Å². The van der Waals surface area contributed by atoms with Gasteiger partial charge in [-0.1, -0.05) is 34.1 Å². The average Bonchev–Trinajstić information content (AvgIpc) is 2.42. The summed E-state index contributed by atoms with van der Waals surface area (Å²) in [6, 6.07) is 12.6. The van der Waals surface area contributed by atoms with Crippen molar-refractivity contribution < 1.29 is 4.74 Å². The molecule has 2 rings (SSSR count). The van der Waals surface area contributed by atoms with Crippen LogP contribution in [0.15, 0.2) is 40.9 Å². The van der Waals surface area contributed by atoms with Crippen LogP contribution in [0.2, 0.25) is 0 Å². The molecule has 20 heavy (non-hydrogen) atoms. The first-order valence-electron chi connectivity index (χ1n) is 6.72. The SMILES string of the molecule is CNCc1cc(Br)ccc1OCc1ccc(C)c(C)c1. The fourth-order valence-corrected chi connectivity index (χ4v) is 2.48. The molecule has 0 bridgehead atoms. The van der Waals surface area contributed by atoms with Crippen LogP contribution in [0.4, 0.5) is 0 Å². The molecule has 0 aromatic heterocycles. The minimum absolute atomic E-state index is 0.597. The summed E-state index contributed by atoms with van der Waals surface area (Å²) in [4.78, 5) is 0. The van der Waals surface area contributed by atoms with E-state index in [1.165, 1.54) is 16.7 Å². The van der Waals surface area contributed by atoms with Gasteiger partial charge in [0.05, 0.1) is 0 Å². The summed E-state index contributed by atoms with van der Waals surface area (Å²) in [5.74, 6) is 0.931. The van der Waals surface area contributed by atoms with E-state index in [2.05, 4.69) is 59.4 Å². The normalized spacial score (nSPS) is 10.6. The van der Waals surface area contributed by atoms with E-state index >= 15 is 0 Å². The third-order valence-corrected chi connectivity index (χ3v) is 3.85. The molecule has 2 aromatic carbocycles. The Morgan fingerprint density at radius 2 is 1.85 bits per heavy atom. The van der Waals surface area contributed by atoms with Crippen molar-refractivity contribution in [2.45, 2.75) is 27.0 Å². The molecular weight excluding hydrogens is 314 g/mol. The van der Waals surface area contributed by atoms with Gasteiger partial charge in [-0.25, -0.2) is 0 Å². The standard InChI is InChI=1S/C17H20BrNO/c1-12-4-5-14(8-13(12)2)11-20-17-7-6-16(18)9-15(17)10-19-3/h4-9,19H,10-11H2,1-3H3.